The number of aliphatic carboxylic acids is 1. The van der Waals surface area contributed by atoms with Gasteiger partial charge < -0.3 is 92.8 Å². The SMILES string of the molecule is CC(=O)N[C@H]1[C@H](OC[C@H]2O[C@H](O[C@H](C)[C@H](NC(=O)OCC3c4ccccc4-c4ccccc43)C(=O)O)[C@@H](O[C@@H]3O[C@H](COC(C)=O)[C@@H](OC(C)=O)[C@H](OC(C)=O)[C@H]3NC(C)=O)[C@@H](O)[C@@H]2O)O[C@H](COC(C)=O)[C@@H](OC(C)=O)[C@@H]1OC(C)=O. The van der Waals surface area contributed by atoms with E-state index in [-0.39, 0.29) is 6.61 Å². The third-order valence-corrected chi connectivity index (χ3v) is 13.2. The van der Waals surface area contributed by atoms with Crippen molar-refractivity contribution in [1.82, 2.24) is 16.0 Å². The van der Waals surface area contributed by atoms with Crippen molar-refractivity contribution >= 4 is 59.7 Å². The van der Waals surface area contributed by atoms with Crippen LogP contribution < -0.4 is 16.0 Å². The molecule has 3 fully saturated rings. The van der Waals surface area contributed by atoms with Gasteiger partial charge in [0.1, 0.15) is 68.5 Å². The summed E-state index contributed by atoms with van der Waals surface area (Å²) in [6, 6.07) is 9.80. The lowest BCUT2D eigenvalue weighted by Crippen LogP contribution is -2.69. The van der Waals surface area contributed by atoms with E-state index in [1.807, 2.05) is 48.5 Å². The molecule has 0 unspecified atom stereocenters. The smallest absolute Gasteiger partial charge is 0.407 e. The van der Waals surface area contributed by atoms with Gasteiger partial charge in [0.2, 0.25) is 11.8 Å². The first-order chi connectivity index (χ1) is 38.7. The summed E-state index contributed by atoms with van der Waals surface area (Å²) in [5.74, 6) is -8.97. The van der Waals surface area contributed by atoms with Gasteiger partial charge in [-0.3, -0.25) is 38.4 Å². The molecule has 0 spiro atoms. The fraction of sp³-hybridized carbons (Fsp3) is 0.585. The molecule has 82 heavy (non-hydrogen) atoms. The minimum absolute atomic E-state index is 0.221. The van der Waals surface area contributed by atoms with Crippen molar-refractivity contribution in [1.29, 1.82) is 0 Å². The number of amides is 3. The molecule has 17 atom stereocenters. The van der Waals surface area contributed by atoms with Crippen LogP contribution >= 0.6 is 0 Å². The quantitative estimate of drug-likeness (QED) is 0.0642. The molecule has 1 aliphatic carbocycles. The molecule has 29 nitrogen and oxygen atoms in total. The number of carboxylic acid groups (broad SMARTS) is 1. The van der Waals surface area contributed by atoms with Gasteiger partial charge in [0.15, 0.2) is 49.3 Å². The zero-order chi connectivity index (χ0) is 60.3. The molecule has 0 saturated carbocycles. The molecule has 4 aliphatic rings. The Hall–Kier alpha value is -7.38. The van der Waals surface area contributed by atoms with Crippen molar-refractivity contribution in [3.63, 3.8) is 0 Å². The monoisotopic (exact) mass is 1160 g/mol. The number of alkyl carbamates (subject to hydrolysis) is 1. The first-order valence-corrected chi connectivity index (χ1v) is 25.8. The highest BCUT2D eigenvalue weighted by molar-refractivity contribution is 5.82. The molecule has 0 bridgehead atoms. The van der Waals surface area contributed by atoms with Gasteiger partial charge in [-0.25, -0.2) is 9.59 Å². The number of aliphatic hydroxyl groups excluding tert-OH is 2. The van der Waals surface area contributed by atoms with Crippen LogP contribution in [0.3, 0.4) is 0 Å². The van der Waals surface area contributed by atoms with Crippen molar-refractivity contribution in [3.8, 4) is 11.1 Å². The molecule has 450 valence electrons. The minimum Gasteiger partial charge on any atom is -0.480 e. The fourth-order valence-corrected chi connectivity index (χ4v) is 9.92. The molecule has 2 aromatic carbocycles. The number of ether oxygens (including phenoxy) is 13. The van der Waals surface area contributed by atoms with Gasteiger partial charge >= 0.3 is 47.9 Å². The van der Waals surface area contributed by atoms with Gasteiger partial charge in [-0.15, -0.1) is 0 Å². The standard InChI is InChI=1S/C53H67N3O26/c1-22(39(49(67)68)56-53(69)73-18-35-33-16-12-10-14-31(33)32-15-11-13-17-34(32)35)74-52-48(82-51-41(55-24(3)58)47(78-30(9)64)45(76-28(7)62)38(81-51)21-71-26(5)60)43(66)42(65)36(79-52)19-72-50-40(54-23(2)57)46(77-29(8)63)44(75-27(6)61)37(80-50)20-70-25(4)59/h10-17,22,35-48,50-52,65-66H,18-21H2,1-9H3,(H,54,57)(H,55,58)(H,56,69)(H,67,68)/t22-,36-,37-,38-,39+,40-,41-,42-,43+,44-,45-,46-,47-,48+,50-,51+,52+/m1/s1. The maximum absolute atomic E-state index is 13.6. The molecular formula is C53H67N3O26. The summed E-state index contributed by atoms with van der Waals surface area (Å²) in [5.41, 5.74) is 3.57. The number of carboxylic acids is 1. The molecule has 6 rings (SSSR count). The lowest BCUT2D eigenvalue weighted by atomic mass is 9.94. The zero-order valence-corrected chi connectivity index (χ0v) is 46.1. The summed E-state index contributed by atoms with van der Waals surface area (Å²) in [6.07, 6.45) is -26.3. The van der Waals surface area contributed by atoms with Crippen LogP contribution in [0.25, 0.3) is 11.1 Å². The average Bonchev–Trinajstić information content (AvgIpc) is 3.45. The van der Waals surface area contributed by atoms with Gasteiger partial charge in [-0.05, 0) is 29.2 Å². The zero-order valence-electron chi connectivity index (χ0n) is 46.1. The third-order valence-electron chi connectivity index (χ3n) is 13.2. The van der Waals surface area contributed by atoms with Crippen LogP contribution in [0.5, 0.6) is 0 Å². The number of fused-ring (bicyclic) bond motifs is 3. The Balaban J connectivity index is 1.34. The van der Waals surface area contributed by atoms with Crippen molar-refractivity contribution in [3.05, 3.63) is 59.7 Å². The van der Waals surface area contributed by atoms with Crippen molar-refractivity contribution in [2.75, 3.05) is 26.4 Å². The van der Waals surface area contributed by atoms with Crippen LogP contribution in [0.1, 0.15) is 79.4 Å². The number of aliphatic hydroxyl groups is 2. The van der Waals surface area contributed by atoms with E-state index in [0.29, 0.717) is 0 Å². The summed E-state index contributed by atoms with van der Waals surface area (Å²) in [5, 5.41) is 41.9. The Labute approximate surface area is 469 Å². The van der Waals surface area contributed by atoms with E-state index in [0.717, 1.165) is 77.6 Å². The predicted molar refractivity (Wildman–Crippen MR) is 270 cm³/mol. The average molecular weight is 1160 g/mol. The van der Waals surface area contributed by atoms with E-state index in [9.17, 15) is 63.3 Å². The van der Waals surface area contributed by atoms with Crippen LogP contribution in [0.15, 0.2) is 48.5 Å². The van der Waals surface area contributed by atoms with Crippen molar-refractivity contribution in [2.24, 2.45) is 0 Å². The second-order valence-electron chi connectivity index (χ2n) is 19.5. The maximum Gasteiger partial charge on any atom is 0.407 e. The number of carbonyl (C=O) groups excluding carboxylic acids is 9. The Morgan fingerprint density at radius 1 is 0.512 bits per heavy atom. The summed E-state index contributed by atoms with van der Waals surface area (Å²) in [6.45, 7) is 7.11. The van der Waals surface area contributed by atoms with Crippen molar-refractivity contribution < 1.29 is 125 Å². The lowest BCUT2D eigenvalue weighted by molar-refractivity contribution is -0.365. The van der Waals surface area contributed by atoms with Crippen LogP contribution in [-0.4, -0.2) is 206 Å². The number of esters is 6. The van der Waals surface area contributed by atoms with Crippen LogP contribution in [0.4, 0.5) is 4.79 Å². The molecule has 0 aromatic heterocycles. The molecule has 3 heterocycles. The van der Waals surface area contributed by atoms with Crippen LogP contribution in [0, 0.1) is 0 Å². The van der Waals surface area contributed by atoms with E-state index >= 15 is 0 Å². The molecule has 3 aliphatic heterocycles. The van der Waals surface area contributed by atoms with Gasteiger partial charge in [0, 0.05) is 61.3 Å². The Morgan fingerprint density at radius 2 is 0.951 bits per heavy atom. The second kappa shape index (κ2) is 28.5. The summed E-state index contributed by atoms with van der Waals surface area (Å²) in [4.78, 5) is 126. The Bertz CT molecular complexity index is 2620. The first kappa shape index (κ1) is 63.8. The minimum atomic E-state index is -2.22. The maximum atomic E-state index is 13.6. The van der Waals surface area contributed by atoms with E-state index < -0.39 is 190 Å². The lowest BCUT2D eigenvalue weighted by Gasteiger charge is -2.49. The third kappa shape index (κ3) is 16.4. The summed E-state index contributed by atoms with van der Waals surface area (Å²) >= 11 is 0. The number of hydrogen-bond donors (Lipinski definition) is 6. The highest BCUT2D eigenvalue weighted by atomic mass is 16.8. The van der Waals surface area contributed by atoms with Crippen LogP contribution in [0.2, 0.25) is 0 Å². The van der Waals surface area contributed by atoms with E-state index in [4.69, 9.17) is 61.6 Å². The van der Waals surface area contributed by atoms with Gasteiger partial charge in [-0.2, -0.15) is 0 Å². The molecule has 29 heteroatoms. The Morgan fingerprint density at radius 3 is 1.40 bits per heavy atom. The first-order valence-electron chi connectivity index (χ1n) is 25.8. The number of nitrogens with one attached hydrogen (secondary N) is 3. The van der Waals surface area contributed by atoms with E-state index in [1.165, 1.54) is 6.92 Å². The number of hydrogen-bond acceptors (Lipinski definition) is 25. The second-order valence-corrected chi connectivity index (χ2v) is 19.5. The molecular weight excluding hydrogens is 1090 g/mol. The number of benzene rings is 2. The highest BCUT2D eigenvalue weighted by Gasteiger charge is 2.57. The van der Waals surface area contributed by atoms with Gasteiger partial charge in [-0.1, -0.05) is 48.5 Å². The molecule has 3 saturated heterocycles. The summed E-state index contributed by atoms with van der Waals surface area (Å²) in [7, 11) is 0. The van der Waals surface area contributed by atoms with Gasteiger partial charge in [0.25, 0.3) is 0 Å². The molecule has 3 amide bonds. The molecule has 2 aromatic rings. The van der Waals surface area contributed by atoms with E-state index in [2.05, 4.69) is 16.0 Å². The topological polar surface area (TPSA) is 387 Å². The Kier molecular flexibility index (Phi) is 22.2. The van der Waals surface area contributed by atoms with Crippen LogP contribution in [-0.2, 0) is 105 Å². The predicted octanol–water partition coefficient (Wildman–Crippen LogP) is -0.456. The number of carbonyl (C=O) groups is 10. The molecule has 0 radical (unpaired) electrons. The van der Waals surface area contributed by atoms with E-state index in [1.54, 1.807) is 0 Å². The highest BCUT2D eigenvalue weighted by Crippen LogP contribution is 2.44. The number of rotatable bonds is 22. The fourth-order valence-electron chi connectivity index (χ4n) is 9.92. The molecule has 6 N–H and O–H groups in total. The normalized spacial score (nSPS) is 29.1. The van der Waals surface area contributed by atoms with Gasteiger partial charge in [0.05, 0.1) is 12.7 Å². The van der Waals surface area contributed by atoms with Crippen molar-refractivity contribution in [2.45, 2.75) is 172 Å². The largest absolute Gasteiger partial charge is 0.480 e. The summed E-state index contributed by atoms with van der Waals surface area (Å²) < 4.78 is 75.0.